The summed E-state index contributed by atoms with van der Waals surface area (Å²) in [4.78, 5) is 0. The van der Waals surface area contributed by atoms with Crippen LogP contribution in [0.1, 0.15) is 11.1 Å². The highest BCUT2D eigenvalue weighted by molar-refractivity contribution is 5.60. The number of aryl methyl sites for hydroxylation is 2. The molecule has 2 aromatic carbocycles. The standard InChI is InChI=1S/C14H15N/c1-11-6-8-13(9-7-11)15-14-5-3-4-12(2)10-14/h3-10,15H,1-2H3. The largest absolute Gasteiger partial charge is 0.356 e. The highest BCUT2D eigenvalue weighted by Gasteiger charge is 1.94. The Morgan fingerprint density at radius 2 is 1.47 bits per heavy atom. The highest BCUT2D eigenvalue weighted by atomic mass is 14.9. The summed E-state index contributed by atoms with van der Waals surface area (Å²) in [5, 5.41) is 3.37. The van der Waals surface area contributed by atoms with Crippen LogP contribution in [0.25, 0.3) is 0 Å². The van der Waals surface area contributed by atoms with Gasteiger partial charge in [-0.1, -0.05) is 29.8 Å². The first-order chi connectivity index (χ1) is 7.24. The molecule has 0 aliphatic heterocycles. The van der Waals surface area contributed by atoms with Crippen LogP contribution in [-0.4, -0.2) is 0 Å². The van der Waals surface area contributed by atoms with Gasteiger partial charge in [0, 0.05) is 11.4 Å². The Bertz CT molecular complexity index is 443. The number of hydrogen-bond donors (Lipinski definition) is 1. The lowest BCUT2D eigenvalue weighted by Gasteiger charge is -2.07. The summed E-state index contributed by atoms with van der Waals surface area (Å²) in [5.74, 6) is 0. The van der Waals surface area contributed by atoms with Crippen LogP contribution in [-0.2, 0) is 0 Å². The van der Waals surface area contributed by atoms with E-state index in [-0.39, 0.29) is 0 Å². The molecule has 76 valence electrons. The average Bonchev–Trinajstić information content (AvgIpc) is 2.22. The summed E-state index contributed by atoms with van der Waals surface area (Å²) in [6.45, 7) is 4.19. The summed E-state index contributed by atoms with van der Waals surface area (Å²) in [7, 11) is 0. The normalized spacial score (nSPS) is 10.0. The van der Waals surface area contributed by atoms with Gasteiger partial charge in [-0.3, -0.25) is 0 Å². The molecule has 0 heterocycles. The molecule has 0 aliphatic carbocycles. The van der Waals surface area contributed by atoms with Gasteiger partial charge >= 0.3 is 0 Å². The Morgan fingerprint density at radius 3 is 2.13 bits per heavy atom. The zero-order valence-corrected chi connectivity index (χ0v) is 9.12. The van der Waals surface area contributed by atoms with Gasteiger partial charge < -0.3 is 5.32 Å². The second kappa shape index (κ2) is 4.18. The smallest absolute Gasteiger partial charge is 0.0386 e. The maximum Gasteiger partial charge on any atom is 0.0386 e. The van der Waals surface area contributed by atoms with Crippen molar-refractivity contribution < 1.29 is 0 Å². The van der Waals surface area contributed by atoms with E-state index in [0.717, 1.165) is 11.4 Å². The summed E-state index contributed by atoms with van der Waals surface area (Å²) < 4.78 is 0. The SMILES string of the molecule is Cc1ccc(Nc2cccc(C)c2)cc1. The minimum absolute atomic E-state index is 1.13. The maximum atomic E-state index is 3.37. The number of rotatable bonds is 2. The molecule has 0 aromatic heterocycles. The van der Waals surface area contributed by atoms with Crippen LogP contribution in [0.15, 0.2) is 48.5 Å². The molecule has 15 heavy (non-hydrogen) atoms. The van der Waals surface area contributed by atoms with Crippen molar-refractivity contribution in [2.75, 3.05) is 5.32 Å². The van der Waals surface area contributed by atoms with Crippen LogP contribution < -0.4 is 5.32 Å². The maximum absolute atomic E-state index is 3.37. The molecule has 1 heteroatoms. The third-order valence-corrected chi connectivity index (χ3v) is 2.36. The fraction of sp³-hybridized carbons (Fsp3) is 0.143. The van der Waals surface area contributed by atoms with Crippen molar-refractivity contribution in [3.63, 3.8) is 0 Å². The van der Waals surface area contributed by atoms with E-state index in [9.17, 15) is 0 Å². The van der Waals surface area contributed by atoms with Crippen molar-refractivity contribution >= 4 is 11.4 Å². The van der Waals surface area contributed by atoms with Crippen molar-refractivity contribution in [2.45, 2.75) is 13.8 Å². The van der Waals surface area contributed by atoms with Crippen LogP contribution in [0.3, 0.4) is 0 Å². The summed E-state index contributed by atoms with van der Waals surface area (Å²) in [6.07, 6.45) is 0. The van der Waals surface area contributed by atoms with Crippen molar-refractivity contribution in [1.29, 1.82) is 0 Å². The Hall–Kier alpha value is -1.76. The minimum atomic E-state index is 1.13. The Balaban J connectivity index is 2.18. The van der Waals surface area contributed by atoms with E-state index in [1.54, 1.807) is 0 Å². The fourth-order valence-corrected chi connectivity index (χ4v) is 1.53. The fourth-order valence-electron chi connectivity index (χ4n) is 1.53. The Morgan fingerprint density at radius 1 is 0.733 bits per heavy atom. The van der Waals surface area contributed by atoms with Gasteiger partial charge in [-0.2, -0.15) is 0 Å². The molecule has 0 atom stereocenters. The number of anilines is 2. The lowest BCUT2D eigenvalue weighted by Crippen LogP contribution is -1.90. The molecular formula is C14H15N. The molecular weight excluding hydrogens is 182 g/mol. The molecule has 1 N–H and O–H groups in total. The second-order valence-electron chi connectivity index (χ2n) is 3.86. The Labute approximate surface area is 90.8 Å². The van der Waals surface area contributed by atoms with Gasteiger partial charge in [0.05, 0.1) is 0 Å². The summed E-state index contributed by atoms with van der Waals surface area (Å²) >= 11 is 0. The molecule has 0 aliphatic rings. The molecule has 1 nitrogen and oxygen atoms in total. The molecule has 0 saturated heterocycles. The van der Waals surface area contributed by atoms with Crippen LogP contribution in [0, 0.1) is 13.8 Å². The van der Waals surface area contributed by atoms with E-state index in [0.29, 0.717) is 0 Å². The van der Waals surface area contributed by atoms with Crippen LogP contribution in [0.5, 0.6) is 0 Å². The van der Waals surface area contributed by atoms with Gasteiger partial charge in [0.1, 0.15) is 0 Å². The lowest BCUT2D eigenvalue weighted by atomic mass is 10.2. The third-order valence-electron chi connectivity index (χ3n) is 2.36. The second-order valence-corrected chi connectivity index (χ2v) is 3.86. The van der Waals surface area contributed by atoms with Crippen molar-refractivity contribution in [1.82, 2.24) is 0 Å². The molecule has 2 aromatic rings. The van der Waals surface area contributed by atoms with Gasteiger partial charge in [-0.05, 0) is 43.7 Å². The first-order valence-electron chi connectivity index (χ1n) is 5.14. The first-order valence-corrected chi connectivity index (χ1v) is 5.14. The minimum Gasteiger partial charge on any atom is -0.356 e. The van der Waals surface area contributed by atoms with Crippen molar-refractivity contribution in [2.24, 2.45) is 0 Å². The predicted octanol–water partition coefficient (Wildman–Crippen LogP) is 4.05. The third kappa shape index (κ3) is 2.59. The summed E-state index contributed by atoms with van der Waals surface area (Å²) in [6, 6.07) is 16.8. The number of nitrogens with one attached hydrogen (secondary N) is 1. The quantitative estimate of drug-likeness (QED) is 0.766. The topological polar surface area (TPSA) is 12.0 Å². The lowest BCUT2D eigenvalue weighted by molar-refractivity contribution is 1.43. The number of benzene rings is 2. The monoisotopic (exact) mass is 197 g/mol. The molecule has 0 bridgehead atoms. The predicted molar refractivity (Wildman–Crippen MR) is 65.6 cm³/mol. The summed E-state index contributed by atoms with van der Waals surface area (Å²) in [5.41, 5.74) is 4.82. The zero-order valence-electron chi connectivity index (χ0n) is 9.12. The molecule has 0 fully saturated rings. The van der Waals surface area contributed by atoms with Gasteiger partial charge in [0.25, 0.3) is 0 Å². The van der Waals surface area contributed by atoms with E-state index in [4.69, 9.17) is 0 Å². The van der Waals surface area contributed by atoms with Gasteiger partial charge in [0.2, 0.25) is 0 Å². The van der Waals surface area contributed by atoms with E-state index < -0.39 is 0 Å². The molecule has 0 amide bonds. The van der Waals surface area contributed by atoms with Gasteiger partial charge in [0.15, 0.2) is 0 Å². The molecule has 0 unspecified atom stereocenters. The average molecular weight is 197 g/mol. The van der Waals surface area contributed by atoms with E-state index in [1.165, 1.54) is 11.1 Å². The van der Waals surface area contributed by atoms with E-state index >= 15 is 0 Å². The molecule has 0 radical (unpaired) electrons. The van der Waals surface area contributed by atoms with E-state index in [1.807, 2.05) is 0 Å². The van der Waals surface area contributed by atoms with Crippen molar-refractivity contribution in [3.05, 3.63) is 59.7 Å². The van der Waals surface area contributed by atoms with E-state index in [2.05, 4.69) is 67.7 Å². The van der Waals surface area contributed by atoms with Crippen LogP contribution >= 0.6 is 0 Å². The van der Waals surface area contributed by atoms with Gasteiger partial charge in [-0.15, -0.1) is 0 Å². The molecule has 2 rings (SSSR count). The van der Waals surface area contributed by atoms with Gasteiger partial charge in [-0.25, -0.2) is 0 Å². The molecule has 0 saturated carbocycles. The highest BCUT2D eigenvalue weighted by Crippen LogP contribution is 2.17. The van der Waals surface area contributed by atoms with Crippen LogP contribution in [0.4, 0.5) is 11.4 Å². The first kappa shape index (κ1) is 9.78. The Kier molecular flexibility index (Phi) is 2.72. The zero-order chi connectivity index (χ0) is 10.7. The molecule has 0 spiro atoms. The van der Waals surface area contributed by atoms with Crippen molar-refractivity contribution in [3.8, 4) is 0 Å². The number of hydrogen-bond acceptors (Lipinski definition) is 1. The van der Waals surface area contributed by atoms with Crippen LogP contribution in [0.2, 0.25) is 0 Å².